The standard InChI is InChI=1S/C11H17N5S/c1-3-11-14-9(7-17-11)6-12-5-4-10-13-8-16(2)15-10/h7-8,12H,3-6H2,1-2H3. The van der Waals surface area contributed by atoms with E-state index in [0.29, 0.717) is 0 Å². The molecule has 0 atom stereocenters. The van der Waals surface area contributed by atoms with Gasteiger partial charge in [0, 0.05) is 31.9 Å². The summed E-state index contributed by atoms with van der Waals surface area (Å²) in [7, 11) is 1.88. The minimum absolute atomic E-state index is 0.823. The largest absolute Gasteiger partial charge is 0.311 e. The molecule has 0 radical (unpaired) electrons. The second kappa shape index (κ2) is 5.88. The van der Waals surface area contributed by atoms with Crippen molar-refractivity contribution >= 4 is 11.3 Å². The van der Waals surface area contributed by atoms with Crippen LogP contribution in [-0.2, 0) is 26.4 Å². The van der Waals surface area contributed by atoms with Crippen LogP contribution >= 0.6 is 11.3 Å². The summed E-state index contributed by atoms with van der Waals surface area (Å²) in [4.78, 5) is 8.67. The molecular weight excluding hydrogens is 234 g/mol. The van der Waals surface area contributed by atoms with E-state index in [1.165, 1.54) is 5.01 Å². The Morgan fingerprint density at radius 1 is 1.47 bits per heavy atom. The second-order valence-electron chi connectivity index (χ2n) is 3.85. The maximum absolute atomic E-state index is 4.50. The highest BCUT2D eigenvalue weighted by molar-refractivity contribution is 7.09. The van der Waals surface area contributed by atoms with Gasteiger partial charge in [-0.2, -0.15) is 5.10 Å². The van der Waals surface area contributed by atoms with Crippen molar-refractivity contribution in [2.45, 2.75) is 26.3 Å². The summed E-state index contributed by atoms with van der Waals surface area (Å²) < 4.78 is 1.73. The van der Waals surface area contributed by atoms with Crippen LogP contribution in [-0.4, -0.2) is 26.3 Å². The molecule has 2 aromatic rings. The highest BCUT2D eigenvalue weighted by Crippen LogP contribution is 2.09. The highest BCUT2D eigenvalue weighted by Gasteiger charge is 2.01. The molecule has 0 aromatic carbocycles. The summed E-state index contributed by atoms with van der Waals surface area (Å²) in [5.41, 5.74) is 1.13. The van der Waals surface area contributed by atoms with Crippen LogP contribution in [0.15, 0.2) is 11.7 Å². The molecule has 0 fully saturated rings. The molecule has 0 bridgehead atoms. The van der Waals surface area contributed by atoms with Gasteiger partial charge in [-0.15, -0.1) is 11.3 Å². The molecule has 2 rings (SSSR count). The molecule has 17 heavy (non-hydrogen) atoms. The quantitative estimate of drug-likeness (QED) is 0.783. The Bertz CT molecular complexity index is 462. The van der Waals surface area contributed by atoms with Crippen LogP contribution in [0.1, 0.15) is 23.4 Å². The third kappa shape index (κ3) is 3.61. The number of nitrogens with one attached hydrogen (secondary N) is 1. The molecule has 2 heterocycles. The number of hydrogen-bond donors (Lipinski definition) is 1. The molecule has 0 aliphatic heterocycles. The Morgan fingerprint density at radius 2 is 2.35 bits per heavy atom. The Balaban J connectivity index is 1.69. The van der Waals surface area contributed by atoms with Crippen molar-refractivity contribution in [3.63, 3.8) is 0 Å². The molecule has 0 aliphatic rings. The minimum atomic E-state index is 0.823. The topological polar surface area (TPSA) is 55.6 Å². The van der Waals surface area contributed by atoms with Crippen molar-refractivity contribution in [2.24, 2.45) is 7.05 Å². The van der Waals surface area contributed by atoms with Gasteiger partial charge in [0.25, 0.3) is 0 Å². The van der Waals surface area contributed by atoms with Gasteiger partial charge in [0.15, 0.2) is 5.82 Å². The first kappa shape index (κ1) is 12.2. The van der Waals surface area contributed by atoms with Gasteiger partial charge in [0.2, 0.25) is 0 Å². The Morgan fingerprint density at radius 3 is 3.00 bits per heavy atom. The lowest BCUT2D eigenvalue weighted by molar-refractivity contribution is 0.653. The molecule has 92 valence electrons. The summed E-state index contributed by atoms with van der Waals surface area (Å²) in [6, 6.07) is 0. The van der Waals surface area contributed by atoms with Gasteiger partial charge >= 0.3 is 0 Å². The van der Waals surface area contributed by atoms with Gasteiger partial charge in [0.1, 0.15) is 6.33 Å². The van der Waals surface area contributed by atoms with Gasteiger partial charge in [-0.1, -0.05) is 6.92 Å². The minimum Gasteiger partial charge on any atom is -0.311 e. The lowest BCUT2D eigenvalue weighted by Gasteiger charge is -1.99. The Labute approximate surface area is 105 Å². The van der Waals surface area contributed by atoms with E-state index in [1.807, 2.05) is 7.05 Å². The average Bonchev–Trinajstić information content (AvgIpc) is 2.93. The fourth-order valence-electron chi connectivity index (χ4n) is 1.51. The molecule has 0 saturated carbocycles. The summed E-state index contributed by atoms with van der Waals surface area (Å²) >= 11 is 1.73. The first-order valence-corrected chi connectivity index (χ1v) is 6.64. The molecular formula is C11H17N5S. The summed E-state index contributed by atoms with van der Waals surface area (Å²) in [5, 5.41) is 10.9. The van der Waals surface area contributed by atoms with Gasteiger partial charge < -0.3 is 5.32 Å². The molecule has 0 unspecified atom stereocenters. The number of rotatable bonds is 6. The van der Waals surface area contributed by atoms with E-state index < -0.39 is 0 Å². The second-order valence-corrected chi connectivity index (χ2v) is 4.79. The summed E-state index contributed by atoms with van der Waals surface area (Å²) in [5.74, 6) is 0.882. The fourth-order valence-corrected chi connectivity index (χ4v) is 2.25. The van der Waals surface area contributed by atoms with E-state index in [-0.39, 0.29) is 0 Å². The zero-order valence-electron chi connectivity index (χ0n) is 10.2. The molecule has 0 amide bonds. The van der Waals surface area contributed by atoms with Crippen molar-refractivity contribution in [3.05, 3.63) is 28.2 Å². The van der Waals surface area contributed by atoms with Crippen LogP contribution < -0.4 is 5.32 Å². The number of aromatic nitrogens is 4. The smallest absolute Gasteiger partial charge is 0.151 e. The summed E-state index contributed by atoms with van der Waals surface area (Å²) in [6.07, 6.45) is 3.59. The predicted octanol–water partition coefficient (Wildman–Crippen LogP) is 1.17. The number of nitrogens with zero attached hydrogens (tertiary/aromatic N) is 4. The maximum Gasteiger partial charge on any atom is 0.151 e. The van der Waals surface area contributed by atoms with E-state index in [2.05, 4.69) is 32.7 Å². The van der Waals surface area contributed by atoms with Crippen LogP contribution in [0, 0.1) is 0 Å². The lowest BCUT2D eigenvalue weighted by Crippen LogP contribution is -2.17. The lowest BCUT2D eigenvalue weighted by atomic mass is 10.4. The van der Waals surface area contributed by atoms with Gasteiger partial charge in [-0.05, 0) is 6.42 Å². The predicted molar refractivity (Wildman–Crippen MR) is 67.9 cm³/mol. The monoisotopic (exact) mass is 251 g/mol. The molecule has 0 aliphatic carbocycles. The van der Waals surface area contributed by atoms with E-state index in [9.17, 15) is 0 Å². The SMILES string of the molecule is CCc1nc(CNCCc2ncn(C)n2)cs1. The number of hydrogen-bond acceptors (Lipinski definition) is 5. The fraction of sp³-hybridized carbons (Fsp3) is 0.545. The number of thiazole rings is 1. The van der Waals surface area contributed by atoms with Crippen molar-refractivity contribution in [3.8, 4) is 0 Å². The highest BCUT2D eigenvalue weighted by atomic mass is 32.1. The van der Waals surface area contributed by atoms with Crippen molar-refractivity contribution in [2.75, 3.05) is 6.54 Å². The van der Waals surface area contributed by atoms with E-state index in [1.54, 1.807) is 22.3 Å². The molecule has 2 aromatic heterocycles. The van der Waals surface area contributed by atoms with E-state index in [0.717, 1.165) is 37.4 Å². The van der Waals surface area contributed by atoms with E-state index in [4.69, 9.17) is 0 Å². The third-order valence-corrected chi connectivity index (χ3v) is 3.42. The Hall–Kier alpha value is -1.27. The van der Waals surface area contributed by atoms with Gasteiger partial charge in [0.05, 0.1) is 10.7 Å². The molecule has 1 N–H and O–H groups in total. The van der Waals surface area contributed by atoms with Crippen molar-refractivity contribution < 1.29 is 0 Å². The van der Waals surface area contributed by atoms with Crippen LogP contribution in [0.4, 0.5) is 0 Å². The Kier molecular flexibility index (Phi) is 4.22. The first-order valence-electron chi connectivity index (χ1n) is 5.76. The normalized spacial score (nSPS) is 10.9. The van der Waals surface area contributed by atoms with Crippen LogP contribution in [0.3, 0.4) is 0 Å². The van der Waals surface area contributed by atoms with Crippen LogP contribution in [0.25, 0.3) is 0 Å². The zero-order chi connectivity index (χ0) is 12.1. The molecule has 0 spiro atoms. The average molecular weight is 251 g/mol. The van der Waals surface area contributed by atoms with Gasteiger partial charge in [-0.3, -0.25) is 4.68 Å². The van der Waals surface area contributed by atoms with E-state index >= 15 is 0 Å². The van der Waals surface area contributed by atoms with Crippen LogP contribution in [0.5, 0.6) is 0 Å². The van der Waals surface area contributed by atoms with Crippen molar-refractivity contribution in [1.29, 1.82) is 0 Å². The summed E-state index contributed by atoms with van der Waals surface area (Å²) in [6.45, 7) is 3.83. The van der Waals surface area contributed by atoms with Crippen molar-refractivity contribution in [1.82, 2.24) is 25.1 Å². The maximum atomic E-state index is 4.50. The zero-order valence-corrected chi connectivity index (χ0v) is 11.0. The number of aryl methyl sites for hydroxylation is 2. The molecule has 6 heteroatoms. The first-order chi connectivity index (χ1) is 8.28. The van der Waals surface area contributed by atoms with Gasteiger partial charge in [-0.25, -0.2) is 9.97 Å². The van der Waals surface area contributed by atoms with Crippen LogP contribution in [0.2, 0.25) is 0 Å². The third-order valence-electron chi connectivity index (χ3n) is 2.38. The molecule has 0 saturated heterocycles. The molecule has 5 nitrogen and oxygen atoms in total.